The molecule has 0 aromatic heterocycles. The molecular formula is C16H34N3O3+. The summed E-state index contributed by atoms with van der Waals surface area (Å²) >= 11 is 0. The standard InChI is InChI=1S/C16H33N3O3/c1-13(2)12-19(16(3,4)5)15(21)7-6-14(20)18-9-11-22-10-8-17/h13H,6-12,17H2,1-5H3,(H,18,20)/p+1. The number of hydrogen-bond donors (Lipinski definition) is 2. The van der Waals surface area contributed by atoms with E-state index < -0.39 is 0 Å². The van der Waals surface area contributed by atoms with Crippen molar-refractivity contribution in [2.75, 3.05) is 32.8 Å². The van der Waals surface area contributed by atoms with Crippen molar-refractivity contribution in [3.05, 3.63) is 0 Å². The molecule has 0 rings (SSSR count). The van der Waals surface area contributed by atoms with E-state index >= 15 is 0 Å². The van der Waals surface area contributed by atoms with Crippen LogP contribution >= 0.6 is 0 Å². The molecule has 0 heterocycles. The van der Waals surface area contributed by atoms with Crippen LogP contribution in [0.3, 0.4) is 0 Å². The van der Waals surface area contributed by atoms with E-state index in [1.165, 1.54) is 0 Å². The quantitative estimate of drug-likeness (QED) is 0.573. The van der Waals surface area contributed by atoms with Crippen LogP contribution in [0.15, 0.2) is 0 Å². The van der Waals surface area contributed by atoms with Gasteiger partial charge >= 0.3 is 0 Å². The zero-order valence-electron chi connectivity index (χ0n) is 14.9. The third kappa shape index (κ3) is 9.73. The van der Waals surface area contributed by atoms with Crippen LogP contribution < -0.4 is 11.1 Å². The van der Waals surface area contributed by atoms with Gasteiger partial charge in [-0.2, -0.15) is 0 Å². The van der Waals surface area contributed by atoms with Gasteiger partial charge in [0.1, 0.15) is 0 Å². The van der Waals surface area contributed by atoms with E-state index in [9.17, 15) is 9.59 Å². The van der Waals surface area contributed by atoms with Crippen LogP contribution in [0.2, 0.25) is 0 Å². The molecule has 22 heavy (non-hydrogen) atoms. The molecule has 6 nitrogen and oxygen atoms in total. The Labute approximate surface area is 134 Å². The molecule has 6 heteroatoms. The van der Waals surface area contributed by atoms with Gasteiger partial charge in [0.2, 0.25) is 11.8 Å². The van der Waals surface area contributed by atoms with Crippen molar-refractivity contribution in [3.8, 4) is 0 Å². The first kappa shape index (κ1) is 20.9. The van der Waals surface area contributed by atoms with Crippen molar-refractivity contribution < 1.29 is 20.1 Å². The highest BCUT2D eigenvalue weighted by Crippen LogP contribution is 2.17. The second-order valence-corrected chi connectivity index (χ2v) is 6.88. The molecule has 0 aromatic carbocycles. The first-order chi connectivity index (χ1) is 10.2. The van der Waals surface area contributed by atoms with Crippen molar-refractivity contribution in [2.24, 2.45) is 5.92 Å². The van der Waals surface area contributed by atoms with Gasteiger partial charge in [-0.25, -0.2) is 0 Å². The molecule has 0 aliphatic rings. The lowest BCUT2D eigenvalue weighted by Crippen LogP contribution is -2.52. The summed E-state index contributed by atoms with van der Waals surface area (Å²) in [5, 5.41) is 2.76. The average molecular weight is 316 g/mol. The Kier molecular flexibility index (Phi) is 10.0. The van der Waals surface area contributed by atoms with Gasteiger partial charge < -0.3 is 20.7 Å². The highest BCUT2D eigenvalue weighted by Gasteiger charge is 2.26. The number of carbonyl (C=O) groups excluding carboxylic acids is 2. The number of rotatable bonds is 10. The maximum atomic E-state index is 12.4. The zero-order valence-corrected chi connectivity index (χ0v) is 14.9. The molecule has 0 saturated carbocycles. The van der Waals surface area contributed by atoms with Crippen LogP contribution in [0.25, 0.3) is 0 Å². The summed E-state index contributed by atoms with van der Waals surface area (Å²) in [5.41, 5.74) is 3.45. The van der Waals surface area contributed by atoms with Crippen molar-refractivity contribution in [1.82, 2.24) is 10.2 Å². The predicted molar refractivity (Wildman–Crippen MR) is 87.1 cm³/mol. The molecule has 0 spiro atoms. The van der Waals surface area contributed by atoms with E-state index in [0.717, 1.165) is 6.54 Å². The Morgan fingerprint density at radius 3 is 2.32 bits per heavy atom. The first-order valence-corrected chi connectivity index (χ1v) is 8.12. The SMILES string of the molecule is CC(C)CN(C(=O)CCC(=O)NCCOCC[NH3+])C(C)(C)C. The summed E-state index contributed by atoms with van der Waals surface area (Å²) in [4.78, 5) is 25.9. The number of carbonyl (C=O) groups is 2. The van der Waals surface area contributed by atoms with Crippen LogP contribution in [-0.4, -0.2) is 55.1 Å². The third-order valence-corrected chi connectivity index (χ3v) is 3.08. The van der Waals surface area contributed by atoms with Crippen LogP contribution in [-0.2, 0) is 14.3 Å². The molecule has 0 bridgehead atoms. The molecule has 2 amide bonds. The number of ether oxygens (including phenoxy) is 1. The fourth-order valence-electron chi connectivity index (χ4n) is 2.03. The topological polar surface area (TPSA) is 86.3 Å². The monoisotopic (exact) mass is 316 g/mol. The lowest BCUT2D eigenvalue weighted by Gasteiger charge is -2.37. The molecule has 130 valence electrons. The van der Waals surface area contributed by atoms with Crippen LogP contribution in [0, 0.1) is 5.92 Å². The predicted octanol–water partition coefficient (Wildman–Crippen LogP) is 0.424. The molecule has 4 N–H and O–H groups in total. The number of amides is 2. The summed E-state index contributed by atoms with van der Waals surface area (Å²) in [6.45, 7) is 13.2. The molecule has 0 saturated heterocycles. The first-order valence-electron chi connectivity index (χ1n) is 8.12. The van der Waals surface area contributed by atoms with E-state index in [2.05, 4.69) is 24.9 Å². The lowest BCUT2D eigenvalue weighted by molar-refractivity contribution is -0.374. The van der Waals surface area contributed by atoms with Crippen molar-refractivity contribution in [3.63, 3.8) is 0 Å². The summed E-state index contributed by atoms with van der Waals surface area (Å²) in [6, 6.07) is 0. The summed E-state index contributed by atoms with van der Waals surface area (Å²) in [6.07, 6.45) is 0.467. The van der Waals surface area contributed by atoms with Gasteiger partial charge in [-0.15, -0.1) is 0 Å². The van der Waals surface area contributed by atoms with E-state index in [-0.39, 0.29) is 30.2 Å². The van der Waals surface area contributed by atoms with Gasteiger partial charge in [0, 0.05) is 31.5 Å². The second-order valence-electron chi connectivity index (χ2n) is 6.88. The van der Waals surface area contributed by atoms with Gasteiger partial charge in [0.05, 0.1) is 19.8 Å². The maximum absolute atomic E-state index is 12.4. The Balaban J connectivity index is 4.14. The van der Waals surface area contributed by atoms with Crippen LogP contribution in [0.4, 0.5) is 0 Å². The van der Waals surface area contributed by atoms with Crippen molar-refractivity contribution >= 4 is 11.8 Å². The van der Waals surface area contributed by atoms with E-state index in [4.69, 9.17) is 4.74 Å². The molecule has 0 unspecified atom stereocenters. The fourth-order valence-corrected chi connectivity index (χ4v) is 2.03. The Bertz CT molecular complexity index is 338. The van der Waals surface area contributed by atoms with Gasteiger partial charge in [0.15, 0.2) is 0 Å². The zero-order chi connectivity index (χ0) is 17.2. The highest BCUT2D eigenvalue weighted by atomic mass is 16.5. The highest BCUT2D eigenvalue weighted by molar-refractivity contribution is 5.84. The summed E-state index contributed by atoms with van der Waals surface area (Å²) in [7, 11) is 0. The lowest BCUT2D eigenvalue weighted by atomic mass is 10.0. The summed E-state index contributed by atoms with van der Waals surface area (Å²) in [5.74, 6) is 0.330. The van der Waals surface area contributed by atoms with Gasteiger partial charge in [-0.3, -0.25) is 9.59 Å². The minimum atomic E-state index is -0.222. The van der Waals surface area contributed by atoms with Gasteiger partial charge in [-0.05, 0) is 26.7 Å². The molecule has 0 fully saturated rings. The Morgan fingerprint density at radius 2 is 1.82 bits per heavy atom. The van der Waals surface area contributed by atoms with E-state index in [1.807, 2.05) is 25.7 Å². The number of nitrogens with one attached hydrogen (secondary N) is 1. The molecule has 0 radical (unpaired) electrons. The maximum Gasteiger partial charge on any atom is 0.223 e. The van der Waals surface area contributed by atoms with Crippen LogP contribution in [0.5, 0.6) is 0 Å². The van der Waals surface area contributed by atoms with Gasteiger partial charge in [-0.1, -0.05) is 13.8 Å². The molecule has 0 aliphatic heterocycles. The summed E-state index contributed by atoms with van der Waals surface area (Å²) < 4.78 is 5.23. The van der Waals surface area contributed by atoms with E-state index in [0.29, 0.717) is 32.2 Å². The number of quaternary nitrogens is 1. The smallest absolute Gasteiger partial charge is 0.223 e. The van der Waals surface area contributed by atoms with Gasteiger partial charge in [0.25, 0.3) is 0 Å². The minimum Gasteiger partial charge on any atom is -0.374 e. The molecule has 0 atom stereocenters. The Morgan fingerprint density at radius 1 is 1.18 bits per heavy atom. The second kappa shape index (κ2) is 10.6. The molecule has 0 aromatic rings. The molecular weight excluding hydrogens is 282 g/mol. The van der Waals surface area contributed by atoms with E-state index in [1.54, 1.807) is 0 Å². The van der Waals surface area contributed by atoms with Crippen molar-refractivity contribution in [2.45, 2.75) is 53.0 Å². The third-order valence-electron chi connectivity index (χ3n) is 3.08. The average Bonchev–Trinajstić information content (AvgIpc) is 2.40. The molecule has 0 aliphatic carbocycles. The largest absolute Gasteiger partial charge is 0.374 e. The number of hydrogen-bond acceptors (Lipinski definition) is 3. The Hall–Kier alpha value is -1.14. The number of nitrogens with zero attached hydrogens (tertiary/aromatic N) is 1. The fraction of sp³-hybridized carbons (Fsp3) is 0.875. The minimum absolute atomic E-state index is 0.0321. The van der Waals surface area contributed by atoms with Crippen LogP contribution in [0.1, 0.15) is 47.5 Å². The van der Waals surface area contributed by atoms with Crippen molar-refractivity contribution in [1.29, 1.82) is 0 Å². The normalized spacial score (nSPS) is 11.6.